The molecule has 1 atom stereocenters. The van der Waals surface area contributed by atoms with E-state index in [0.29, 0.717) is 20.9 Å². The predicted molar refractivity (Wildman–Crippen MR) is 93.9 cm³/mol. The van der Waals surface area contributed by atoms with Crippen LogP contribution in [0.1, 0.15) is 6.92 Å². The first-order valence-electron chi connectivity index (χ1n) is 6.44. The Balaban J connectivity index is 2.48. The molecule has 0 heterocycles. The van der Waals surface area contributed by atoms with Crippen molar-refractivity contribution in [2.45, 2.75) is 18.0 Å². The normalized spacial score (nSPS) is 12.9. The molecule has 0 radical (unpaired) electrons. The van der Waals surface area contributed by atoms with Crippen molar-refractivity contribution < 1.29 is 17.8 Å². The lowest BCUT2D eigenvalue weighted by atomic mass is 10.1. The number of anilines is 1. The molecule has 0 fully saturated rings. The average Bonchev–Trinajstić information content (AvgIpc) is 2.45. The monoisotopic (exact) mass is 434 g/mol. The van der Waals surface area contributed by atoms with Crippen molar-refractivity contribution in [3.63, 3.8) is 0 Å². The first-order chi connectivity index (χ1) is 10.3. The second kappa shape index (κ2) is 6.80. The lowest BCUT2D eigenvalue weighted by molar-refractivity contribution is -0.118. The van der Waals surface area contributed by atoms with E-state index in [9.17, 15) is 17.8 Å². The summed E-state index contributed by atoms with van der Waals surface area (Å²) in [6, 6.07) is 9.88. The highest BCUT2D eigenvalue weighted by Crippen LogP contribution is 2.30. The van der Waals surface area contributed by atoms with Gasteiger partial charge in [-0.3, -0.25) is 9.35 Å². The number of carbonyl (C=O) groups excluding carboxylic acids is 1. The minimum Gasteiger partial charge on any atom is -0.365 e. The molecule has 2 aromatic rings. The molecule has 0 bridgehead atoms. The van der Waals surface area contributed by atoms with Gasteiger partial charge in [0.2, 0.25) is 5.91 Å². The predicted octanol–water partition coefficient (Wildman–Crippen LogP) is 2.40. The Morgan fingerprint density at radius 1 is 1.27 bits per heavy atom. The summed E-state index contributed by atoms with van der Waals surface area (Å²) in [4.78, 5) is 11.2. The largest absolute Gasteiger partial charge is 0.365 e. The Morgan fingerprint density at radius 2 is 1.91 bits per heavy atom. The maximum Gasteiger partial charge on any atom is 0.295 e. The fraction of sp³-hybridized carbons (Fsp3) is 0.214. The van der Waals surface area contributed by atoms with Gasteiger partial charge in [0.05, 0.1) is 10.6 Å². The Bertz CT molecular complexity index is 802. The zero-order valence-electron chi connectivity index (χ0n) is 11.7. The maximum atomic E-state index is 11.6. The Kier molecular flexibility index (Phi) is 5.24. The van der Waals surface area contributed by atoms with E-state index in [1.807, 2.05) is 22.6 Å². The quantitative estimate of drug-likeness (QED) is 0.291. The van der Waals surface area contributed by atoms with Gasteiger partial charge < -0.3 is 10.6 Å². The van der Waals surface area contributed by atoms with Crippen molar-refractivity contribution in [1.82, 2.24) is 5.32 Å². The molecule has 1 amide bonds. The third kappa shape index (κ3) is 3.87. The number of amides is 1. The summed E-state index contributed by atoms with van der Waals surface area (Å²) in [7, 11) is -4.34. The van der Waals surface area contributed by atoms with Crippen molar-refractivity contribution in [3.8, 4) is 0 Å². The fourth-order valence-corrected chi connectivity index (χ4v) is 3.15. The van der Waals surface area contributed by atoms with Crippen molar-refractivity contribution in [2.75, 3.05) is 9.74 Å². The van der Waals surface area contributed by atoms with Crippen LogP contribution in [0.25, 0.3) is 10.8 Å². The lowest BCUT2D eigenvalue weighted by Gasteiger charge is -2.18. The van der Waals surface area contributed by atoms with Crippen LogP contribution < -0.4 is 10.6 Å². The van der Waals surface area contributed by atoms with Gasteiger partial charge in [0.15, 0.2) is 0 Å². The third-order valence-electron chi connectivity index (χ3n) is 3.02. The van der Waals surface area contributed by atoms with Gasteiger partial charge >= 0.3 is 0 Å². The average molecular weight is 434 g/mol. The Morgan fingerprint density at radius 3 is 2.50 bits per heavy atom. The van der Waals surface area contributed by atoms with Crippen LogP contribution in [0.2, 0.25) is 0 Å². The number of hydrogen-bond donors (Lipinski definition) is 3. The van der Waals surface area contributed by atoms with Crippen molar-refractivity contribution >= 4 is 55.1 Å². The molecule has 0 aliphatic carbocycles. The third-order valence-corrected chi connectivity index (χ3v) is 4.60. The van der Waals surface area contributed by atoms with E-state index in [2.05, 4.69) is 10.6 Å². The van der Waals surface area contributed by atoms with Crippen LogP contribution in [0.3, 0.4) is 0 Å². The standard InChI is InChI=1S/C14H15IN2O4S/c1-9(17-13(18)8-15)16-11-6-2-4-10-5-3-7-12(14(10)11)22(19,20)21/h2-7,9,16H,8H2,1H3,(H,17,18)(H,19,20,21). The maximum absolute atomic E-state index is 11.6. The van der Waals surface area contributed by atoms with E-state index in [0.717, 1.165) is 0 Å². The van der Waals surface area contributed by atoms with E-state index in [4.69, 9.17) is 0 Å². The first kappa shape index (κ1) is 17.0. The fourth-order valence-electron chi connectivity index (χ4n) is 2.19. The number of halogens is 1. The summed E-state index contributed by atoms with van der Waals surface area (Å²) in [5, 5.41) is 6.85. The number of benzene rings is 2. The second-order valence-corrected chi connectivity index (χ2v) is 6.85. The van der Waals surface area contributed by atoms with Crippen molar-refractivity contribution in [1.29, 1.82) is 0 Å². The van der Waals surface area contributed by atoms with Gasteiger partial charge in [-0.15, -0.1) is 0 Å². The van der Waals surface area contributed by atoms with Crippen LogP contribution in [0.4, 0.5) is 5.69 Å². The SMILES string of the molecule is CC(NC(=O)CI)Nc1cccc2cccc(S(=O)(=O)O)c12. The van der Waals surface area contributed by atoms with Gasteiger partial charge in [-0.05, 0) is 24.4 Å². The van der Waals surface area contributed by atoms with Crippen LogP contribution >= 0.6 is 22.6 Å². The molecule has 2 rings (SSSR count). The molecule has 0 aliphatic heterocycles. The molecular weight excluding hydrogens is 419 g/mol. The van der Waals surface area contributed by atoms with Crippen LogP contribution in [0.5, 0.6) is 0 Å². The first-order valence-corrected chi connectivity index (χ1v) is 9.40. The number of alkyl halides is 1. The summed E-state index contributed by atoms with van der Waals surface area (Å²) in [5.41, 5.74) is 0.520. The molecule has 6 nitrogen and oxygen atoms in total. The molecule has 0 saturated carbocycles. The van der Waals surface area contributed by atoms with E-state index in [-0.39, 0.29) is 17.0 Å². The van der Waals surface area contributed by atoms with Gasteiger partial charge in [-0.2, -0.15) is 8.42 Å². The zero-order valence-corrected chi connectivity index (χ0v) is 14.7. The minimum absolute atomic E-state index is 0.129. The van der Waals surface area contributed by atoms with Crippen LogP contribution in [0, 0.1) is 0 Å². The van der Waals surface area contributed by atoms with Crippen LogP contribution in [-0.4, -0.2) is 29.5 Å². The summed E-state index contributed by atoms with van der Waals surface area (Å²) < 4.78 is 32.9. The minimum atomic E-state index is -4.34. The Labute approximate surface area is 142 Å². The topological polar surface area (TPSA) is 95.5 Å². The van der Waals surface area contributed by atoms with Gasteiger partial charge in [-0.25, -0.2) is 0 Å². The van der Waals surface area contributed by atoms with E-state index < -0.39 is 10.1 Å². The van der Waals surface area contributed by atoms with Crippen LogP contribution in [-0.2, 0) is 14.9 Å². The number of nitrogens with one attached hydrogen (secondary N) is 2. The van der Waals surface area contributed by atoms with Crippen molar-refractivity contribution in [3.05, 3.63) is 36.4 Å². The summed E-state index contributed by atoms with van der Waals surface area (Å²) in [6.07, 6.45) is -0.387. The molecule has 0 saturated heterocycles. The lowest BCUT2D eigenvalue weighted by Crippen LogP contribution is -2.38. The highest BCUT2D eigenvalue weighted by atomic mass is 127. The van der Waals surface area contributed by atoms with Crippen molar-refractivity contribution in [2.24, 2.45) is 0 Å². The molecule has 2 aromatic carbocycles. The van der Waals surface area contributed by atoms with E-state index in [1.54, 1.807) is 37.3 Å². The van der Waals surface area contributed by atoms with Gasteiger partial charge in [0.25, 0.3) is 10.1 Å². The van der Waals surface area contributed by atoms with E-state index >= 15 is 0 Å². The summed E-state index contributed by atoms with van der Waals surface area (Å²) in [6.45, 7) is 1.75. The highest BCUT2D eigenvalue weighted by molar-refractivity contribution is 14.1. The van der Waals surface area contributed by atoms with Gasteiger partial charge in [0.1, 0.15) is 4.90 Å². The summed E-state index contributed by atoms with van der Waals surface area (Å²) in [5.74, 6) is -0.129. The Hall–Kier alpha value is -1.39. The molecule has 3 N–H and O–H groups in total. The highest BCUT2D eigenvalue weighted by Gasteiger charge is 2.17. The van der Waals surface area contributed by atoms with Gasteiger partial charge in [0, 0.05) is 11.1 Å². The molecule has 0 aliphatic rings. The number of carbonyl (C=O) groups is 1. The van der Waals surface area contributed by atoms with Gasteiger partial charge in [-0.1, -0.05) is 46.9 Å². The molecule has 8 heteroatoms. The number of hydrogen-bond acceptors (Lipinski definition) is 4. The smallest absolute Gasteiger partial charge is 0.295 e. The molecule has 0 aromatic heterocycles. The molecule has 118 valence electrons. The molecule has 1 unspecified atom stereocenters. The number of fused-ring (bicyclic) bond motifs is 1. The number of rotatable bonds is 5. The van der Waals surface area contributed by atoms with E-state index in [1.165, 1.54) is 6.07 Å². The second-order valence-electron chi connectivity index (χ2n) is 4.70. The molecular formula is C14H15IN2O4S. The summed E-state index contributed by atoms with van der Waals surface area (Å²) >= 11 is 1.96. The molecule has 22 heavy (non-hydrogen) atoms. The zero-order chi connectivity index (χ0) is 16.3. The van der Waals surface area contributed by atoms with Crippen LogP contribution in [0.15, 0.2) is 41.3 Å². The molecule has 0 spiro atoms.